The van der Waals surface area contributed by atoms with Crippen molar-refractivity contribution in [1.29, 1.82) is 0 Å². The zero-order chi connectivity index (χ0) is 19.6. The lowest BCUT2D eigenvalue weighted by molar-refractivity contribution is -0.114. The Kier molecular flexibility index (Phi) is 4.30. The third-order valence-corrected chi connectivity index (χ3v) is 4.91. The molecule has 0 saturated carbocycles. The molecule has 2 heterocycles. The van der Waals surface area contributed by atoms with Gasteiger partial charge in [-0.2, -0.15) is 10.1 Å². The highest BCUT2D eigenvalue weighted by Crippen LogP contribution is 2.30. The molecule has 29 heavy (non-hydrogen) atoms. The first-order valence-electron chi connectivity index (χ1n) is 9.47. The van der Waals surface area contributed by atoms with Gasteiger partial charge in [0.25, 0.3) is 5.91 Å². The van der Waals surface area contributed by atoms with Crippen LogP contribution in [0, 0.1) is 0 Å². The van der Waals surface area contributed by atoms with Crippen molar-refractivity contribution in [3.63, 3.8) is 0 Å². The van der Waals surface area contributed by atoms with Crippen LogP contribution in [0.3, 0.4) is 0 Å². The number of benzene rings is 3. The average Bonchev–Trinajstić information content (AvgIpc) is 3.11. The summed E-state index contributed by atoms with van der Waals surface area (Å²) in [6.07, 6.45) is 3.96. The molecule has 0 radical (unpaired) electrons. The highest BCUT2D eigenvalue weighted by atomic mass is 16.5. The van der Waals surface area contributed by atoms with E-state index < -0.39 is 0 Å². The first kappa shape index (κ1) is 17.2. The average molecular weight is 378 g/mol. The number of nitrogens with zero attached hydrogens (tertiary/aromatic N) is 2. The zero-order valence-electron chi connectivity index (χ0n) is 15.7. The molecular weight excluding hydrogens is 360 g/mol. The number of carbonyl (C=O) groups is 1. The van der Waals surface area contributed by atoms with Gasteiger partial charge < -0.3 is 4.74 Å². The van der Waals surface area contributed by atoms with Crippen molar-refractivity contribution in [2.24, 2.45) is 5.10 Å². The van der Waals surface area contributed by atoms with Crippen molar-refractivity contribution in [1.82, 2.24) is 0 Å². The second-order valence-corrected chi connectivity index (χ2v) is 6.87. The molecule has 0 bridgehead atoms. The highest BCUT2D eigenvalue weighted by Gasteiger charge is 2.32. The fraction of sp³-hybridized carbons (Fsp3) is 0.0400. The van der Waals surface area contributed by atoms with Crippen LogP contribution in [0.25, 0.3) is 6.08 Å². The lowest BCUT2D eigenvalue weighted by Crippen LogP contribution is -2.21. The van der Waals surface area contributed by atoms with Crippen molar-refractivity contribution in [3.8, 4) is 5.75 Å². The Morgan fingerprint density at radius 1 is 0.862 bits per heavy atom. The fourth-order valence-corrected chi connectivity index (χ4v) is 3.50. The van der Waals surface area contributed by atoms with E-state index in [2.05, 4.69) is 11.2 Å². The van der Waals surface area contributed by atoms with E-state index in [0.29, 0.717) is 17.9 Å². The van der Waals surface area contributed by atoms with Crippen LogP contribution in [0.4, 0.5) is 5.69 Å². The van der Waals surface area contributed by atoms with Gasteiger partial charge >= 0.3 is 0 Å². The van der Waals surface area contributed by atoms with Gasteiger partial charge in [-0.3, -0.25) is 4.79 Å². The number of ether oxygens (including phenoxy) is 1. The van der Waals surface area contributed by atoms with E-state index in [1.54, 1.807) is 0 Å². The summed E-state index contributed by atoms with van der Waals surface area (Å²) in [5, 5.41) is 6.13. The van der Waals surface area contributed by atoms with Crippen LogP contribution < -0.4 is 9.75 Å². The number of para-hydroxylation sites is 2. The van der Waals surface area contributed by atoms with Crippen molar-refractivity contribution < 1.29 is 9.53 Å². The molecule has 1 amide bonds. The molecule has 0 atom stereocenters. The summed E-state index contributed by atoms with van der Waals surface area (Å²) in [4.78, 5) is 13.3. The maximum atomic E-state index is 13.3. The topological polar surface area (TPSA) is 41.9 Å². The second kappa shape index (κ2) is 7.24. The van der Waals surface area contributed by atoms with Gasteiger partial charge in [-0.05, 0) is 35.9 Å². The zero-order valence-corrected chi connectivity index (χ0v) is 15.7. The molecule has 0 spiro atoms. The lowest BCUT2D eigenvalue weighted by Gasteiger charge is -2.16. The maximum Gasteiger partial charge on any atom is 0.281 e. The molecule has 5 rings (SSSR count). The van der Waals surface area contributed by atoms with E-state index in [4.69, 9.17) is 4.74 Å². The van der Waals surface area contributed by atoms with Crippen LogP contribution in [-0.4, -0.2) is 18.2 Å². The van der Waals surface area contributed by atoms with Gasteiger partial charge in [-0.25, -0.2) is 0 Å². The van der Waals surface area contributed by atoms with Crippen molar-refractivity contribution >= 4 is 23.4 Å². The summed E-state index contributed by atoms with van der Waals surface area (Å²) in [5.41, 5.74) is 4.82. The summed E-state index contributed by atoms with van der Waals surface area (Å²) < 4.78 is 5.86. The molecule has 2 aliphatic heterocycles. The Morgan fingerprint density at radius 2 is 1.55 bits per heavy atom. The fourth-order valence-electron chi connectivity index (χ4n) is 3.50. The molecular formula is C25H18N2O2. The summed E-state index contributed by atoms with van der Waals surface area (Å²) in [7, 11) is 0. The normalized spacial score (nSPS) is 16.9. The Hall–Kier alpha value is -3.92. The molecule has 0 fully saturated rings. The standard InChI is InChI=1S/C25H18N2O2/c28-25-22(16-18-15-20-11-7-8-14-23(20)29-17-18)24(19-9-3-1-4-10-19)26-27(25)21-12-5-2-6-13-21/h1-16H,17H2/b22-16-. The van der Waals surface area contributed by atoms with Crippen LogP contribution in [0.15, 0.2) is 107 Å². The number of hydrazone groups is 1. The number of hydrogen-bond acceptors (Lipinski definition) is 3. The highest BCUT2D eigenvalue weighted by molar-refractivity contribution is 6.35. The van der Waals surface area contributed by atoms with Crippen LogP contribution in [0.1, 0.15) is 11.1 Å². The number of rotatable bonds is 3. The SMILES string of the molecule is O=C1/C(=C\C2=Cc3ccccc3OC2)C(c2ccccc2)=NN1c1ccccc1. The lowest BCUT2D eigenvalue weighted by atomic mass is 9.99. The molecule has 0 unspecified atom stereocenters. The van der Waals surface area contributed by atoms with Gasteiger partial charge in [0.15, 0.2) is 0 Å². The summed E-state index contributed by atoms with van der Waals surface area (Å²) >= 11 is 0. The number of amides is 1. The summed E-state index contributed by atoms with van der Waals surface area (Å²) in [5.74, 6) is 0.713. The first-order valence-corrected chi connectivity index (χ1v) is 9.47. The quantitative estimate of drug-likeness (QED) is 0.612. The molecule has 0 N–H and O–H groups in total. The van der Waals surface area contributed by atoms with E-state index in [-0.39, 0.29) is 5.91 Å². The van der Waals surface area contributed by atoms with Crippen LogP contribution >= 0.6 is 0 Å². The Balaban J connectivity index is 1.59. The predicted octanol–water partition coefficient (Wildman–Crippen LogP) is 4.84. The van der Waals surface area contributed by atoms with Gasteiger partial charge in [0.1, 0.15) is 18.1 Å². The molecule has 4 nitrogen and oxygen atoms in total. The Bertz CT molecular complexity index is 1160. The molecule has 0 aliphatic carbocycles. The van der Waals surface area contributed by atoms with Crippen LogP contribution in [0.2, 0.25) is 0 Å². The smallest absolute Gasteiger partial charge is 0.281 e. The maximum absolute atomic E-state index is 13.3. The largest absolute Gasteiger partial charge is 0.488 e. The molecule has 0 saturated heterocycles. The van der Waals surface area contributed by atoms with Gasteiger partial charge in [-0.15, -0.1) is 0 Å². The Morgan fingerprint density at radius 3 is 2.34 bits per heavy atom. The molecule has 4 heteroatoms. The van der Waals surface area contributed by atoms with Gasteiger partial charge in [0.05, 0.1) is 11.3 Å². The van der Waals surface area contributed by atoms with Gasteiger partial charge in [0, 0.05) is 11.1 Å². The van der Waals surface area contributed by atoms with Crippen LogP contribution in [0.5, 0.6) is 5.75 Å². The molecule has 3 aromatic rings. The monoisotopic (exact) mass is 378 g/mol. The molecule has 0 aromatic heterocycles. The Labute approximate surface area is 169 Å². The molecule has 3 aromatic carbocycles. The van der Waals surface area contributed by atoms with Gasteiger partial charge in [0.2, 0.25) is 0 Å². The van der Waals surface area contributed by atoms with Gasteiger partial charge in [-0.1, -0.05) is 66.7 Å². The first-order chi connectivity index (χ1) is 14.3. The minimum atomic E-state index is -0.144. The number of anilines is 1. The summed E-state index contributed by atoms with van der Waals surface area (Å²) in [6.45, 7) is 0.418. The van der Waals surface area contributed by atoms with E-state index >= 15 is 0 Å². The van der Waals surface area contributed by atoms with E-state index in [0.717, 1.165) is 28.1 Å². The third kappa shape index (κ3) is 3.25. The number of hydrogen-bond donors (Lipinski definition) is 0. The molecule has 2 aliphatic rings. The van der Waals surface area contributed by atoms with E-state index in [9.17, 15) is 4.79 Å². The second-order valence-electron chi connectivity index (χ2n) is 6.87. The van der Waals surface area contributed by atoms with Crippen molar-refractivity contribution in [2.75, 3.05) is 11.6 Å². The molecule has 140 valence electrons. The van der Waals surface area contributed by atoms with E-state index in [1.165, 1.54) is 5.01 Å². The van der Waals surface area contributed by atoms with Crippen molar-refractivity contribution in [2.45, 2.75) is 0 Å². The van der Waals surface area contributed by atoms with E-state index in [1.807, 2.05) is 91.0 Å². The third-order valence-electron chi connectivity index (χ3n) is 4.91. The predicted molar refractivity (Wildman–Crippen MR) is 115 cm³/mol. The van der Waals surface area contributed by atoms with Crippen LogP contribution in [-0.2, 0) is 4.79 Å². The minimum absolute atomic E-state index is 0.144. The minimum Gasteiger partial charge on any atom is -0.488 e. The van der Waals surface area contributed by atoms with Crippen molar-refractivity contribution in [3.05, 3.63) is 113 Å². The number of carbonyl (C=O) groups excluding carboxylic acids is 1. The number of fused-ring (bicyclic) bond motifs is 1. The summed E-state index contributed by atoms with van der Waals surface area (Å²) in [6, 6.07) is 27.2.